The van der Waals surface area contributed by atoms with E-state index in [0.717, 1.165) is 58.2 Å². The number of hydrogen-bond acceptors (Lipinski definition) is 4. The van der Waals surface area contributed by atoms with Crippen molar-refractivity contribution in [1.82, 2.24) is 0 Å². The highest BCUT2D eigenvalue weighted by atomic mass is 16.7. The number of carbonyl (C=O) groups excluding carboxylic acids is 1. The number of rotatable bonds is 11. The van der Waals surface area contributed by atoms with Crippen LogP contribution < -0.4 is 0 Å². The van der Waals surface area contributed by atoms with Crippen LogP contribution in [0.1, 0.15) is 78.6 Å². The van der Waals surface area contributed by atoms with Crippen LogP contribution in [0.3, 0.4) is 0 Å². The van der Waals surface area contributed by atoms with Crippen LogP contribution in [0.2, 0.25) is 0 Å². The average molecular weight is 314 g/mol. The molecule has 4 heteroatoms. The second kappa shape index (κ2) is 11.9. The van der Waals surface area contributed by atoms with E-state index >= 15 is 0 Å². The summed E-state index contributed by atoms with van der Waals surface area (Å²) in [4.78, 5) is 11.7. The average Bonchev–Trinajstić information content (AvgIpc) is 2.51. The molecular formula is C18H34O4. The van der Waals surface area contributed by atoms with Gasteiger partial charge in [0.05, 0.1) is 6.10 Å². The van der Waals surface area contributed by atoms with Crippen LogP contribution in [-0.4, -0.2) is 31.6 Å². The highest BCUT2D eigenvalue weighted by Gasteiger charge is 2.14. The van der Waals surface area contributed by atoms with E-state index in [4.69, 9.17) is 14.2 Å². The Kier molecular flexibility index (Phi) is 10.5. The molecule has 1 fully saturated rings. The minimum atomic E-state index is -0.0559. The third kappa shape index (κ3) is 9.42. The van der Waals surface area contributed by atoms with Crippen LogP contribution in [0.4, 0.5) is 0 Å². The van der Waals surface area contributed by atoms with Gasteiger partial charge in [0.25, 0.3) is 0 Å². The fourth-order valence-electron chi connectivity index (χ4n) is 2.57. The topological polar surface area (TPSA) is 44.8 Å². The molecule has 0 radical (unpaired) electrons. The molecule has 0 aromatic heterocycles. The Morgan fingerprint density at radius 1 is 1.23 bits per heavy atom. The molecular weight excluding hydrogens is 280 g/mol. The first-order valence-electron chi connectivity index (χ1n) is 9.04. The van der Waals surface area contributed by atoms with Gasteiger partial charge in [0.2, 0.25) is 0 Å². The zero-order chi connectivity index (χ0) is 16.2. The Morgan fingerprint density at radius 2 is 2.05 bits per heavy atom. The van der Waals surface area contributed by atoms with Gasteiger partial charge in [-0.1, -0.05) is 33.1 Å². The van der Waals surface area contributed by atoms with Crippen LogP contribution in [0, 0.1) is 5.92 Å². The summed E-state index contributed by atoms with van der Waals surface area (Å²) in [6.45, 7) is 7.73. The van der Waals surface area contributed by atoms with Crippen molar-refractivity contribution < 1.29 is 19.0 Å². The van der Waals surface area contributed by atoms with E-state index in [0.29, 0.717) is 12.3 Å². The molecule has 0 aliphatic carbocycles. The zero-order valence-electron chi connectivity index (χ0n) is 14.6. The Labute approximate surface area is 135 Å². The molecule has 0 saturated carbocycles. The molecule has 0 bridgehead atoms. The first kappa shape index (κ1) is 19.4. The van der Waals surface area contributed by atoms with Gasteiger partial charge in [0, 0.05) is 19.6 Å². The molecule has 3 unspecified atom stereocenters. The van der Waals surface area contributed by atoms with Crippen molar-refractivity contribution in [2.75, 3.05) is 13.2 Å². The van der Waals surface area contributed by atoms with Gasteiger partial charge in [-0.2, -0.15) is 0 Å². The highest BCUT2D eigenvalue weighted by Crippen LogP contribution is 2.16. The standard InChI is InChI=1S/C18H34O4/c1-4-16(3)22-17(19)14-15(2)10-6-5-8-12-20-18-11-7-9-13-21-18/h15-16,18H,4-14H2,1-3H3. The number of hydrogen-bond donors (Lipinski definition) is 0. The summed E-state index contributed by atoms with van der Waals surface area (Å²) in [5, 5.41) is 0. The van der Waals surface area contributed by atoms with Gasteiger partial charge in [-0.05, 0) is 44.9 Å². The molecule has 1 aliphatic heterocycles. The molecule has 4 nitrogen and oxygen atoms in total. The van der Waals surface area contributed by atoms with Gasteiger partial charge < -0.3 is 14.2 Å². The maximum Gasteiger partial charge on any atom is 0.306 e. The maximum atomic E-state index is 11.7. The first-order chi connectivity index (χ1) is 10.6. The Bertz CT molecular complexity index is 287. The highest BCUT2D eigenvalue weighted by molar-refractivity contribution is 5.69. The molecule has 0 N–H and O–H groups in total. The van der Waals surface area contributed by atoms with Crippen molar-refractivity contribution in [1.29, 1.82) is 0 Å². The van der Waals surface area contributed by atoms with E-state index in [9.17, 15) is 4.79 Å². The summed E-state index contributed by atoms with van der Waals surface area (Å²) in [6, 6.07) is 0. The predicted molar refractivity (Wildman–Crippen MR) is 87.6 cm³/mol. The lowest BCUT2D eigenvalue weighted by Gasteiger charge is -2.22. The second-order valence-corrected chi connectivity index (χ2v) is 6.53. The summed E-state index contributed by atoms with van der Waals surface area (Å²) in [5.74, 6) is 0.346. The normalized spacial score (nSPS) is 21.3. The number of ether oxygens (including phenoxy) is 3. The Hall–Kier alpha value is -0.610. The lowest BCUT2D eigenvalue weighted by Crippen LogP contribution is -2.22. The van der Waals surface area contributed by atoms with E-state index in [-0.39, 0.29) is 18.4 Å². The van der Waals surface area contributed by atoms with Gasteiger partial charge in [0.15, 0.2) is 6.29 Å². The summed E-state index contributed by atoms with van der Waals surface area (Å²) >= 11 is 0. The summed E-state index contributed by atoms with van der Waals surface area (Å²) in [6.07, 6.45) is 9.36. The minimum Gasteiger partial charge on any atom is -0.463 e. The van der Waals surface area contributed by atoms with Crippen LogP contribution in [0.15, 0.2) is 0 Å². The summed E-state index contributed by atoms with van der Waals surface area (Å²) < 4.78 is 16.6. The molecule has 3 atom stereocenters. The van der Waals surface area contributed by atoms with Crippen molar-refractivity contribution in [3.8, 4) is 0 Å². The SMILES string of the molecule is CCC(C)OC(=O)CC(C)CCCCCOC1CCCCO1. The molecule has 1 rings (SSSR count). The van der Waals surface area contributed by atoms with Crippen molar-refractivity contribution in [3.05, 3.63) is 0 Å². The molecule has 1 heterocycles. The van der Waals surface area contributed by atoms with Gasteiger partial charge in [0.1, 0.15) is 0 Å². The molecule has 1 aliphatic rings. The largest absolute Gasteiger partial charge is 0.463 e. The number of carbonyl (C=O) groups is 1. The summed E-state index contributed by atoms with van der Waals surface area (Å²) in [5.41, 5.74) is 0. The van der Waals surface area contributed by atoms with Crippen molar-refractivity contribution >= 4 is 5.97 Å². The van der Waals surface area contributed by atoms with E-state index in [1.165, 1.54) is 6.42 Å². The van der Waals surface area contributed by atoms with Gasteiger partial charge >= 0.3 is 5.97 Å². The van der Waals surface area contributed by atoms with E-state index in [1.54, 1.807) is 0 Å². The molecule has 0 spiro atoms. The molecule has 0 aromatic rings. The molecule has 0 amide bonds. The first-order valence-corrected chi connectivity index (χ1v) is 9.04. The van der Waals surface area contributed by atoms with Crippen molar-refractivity contribution in [2.45, 2.75) is 91.0 Å². The van der Waals surface area contributed by atoms with Crippen molar-refractivity contribution in [2.24, 2.45) is 5.92 Å². The monoisotopic (exact) mass is 314 g/mol. The van der Waals surface area contributed by atoms with Crippen LogP contribution >= 0.6 is 0 Å². The molecule has 22 heavy (non-hydrogen) atoms. The Morgan fingerprint density at radius 3 is 2.73 bits per heavy atom. The molecule has 0 aromatic carbocycles. The molecule has 130 valence electrons. The van der Waals surface area contributed by atoms with Crippen LogP contribution in [0.25, 0.3) is 0 Å². The predicted octanol–water partition coefficient (Wildman–Crippen LogP) is 4.46. The molecule has 1 saturated heterocycles. The quantitative estimate of drug-likeness (QED) is 0.417. The lowest BCUT2D eigenvalue weighted by molar-refractivity contribution is -0.162. The summed E-state index contributed by atoms with van der Waals surface area (Å²) in [7, 11) is 0. The van der Waals surface area contributed by atoms with Gasteiger partial charge in [-0.3, -0.25) is 4.79 Å². The maximum absolute atomic E-state index is 11.7. The van der Waals surface area contributed by atoms with E-state index in [2.05, 4.69) is 6.92 Å². The van der Waals surface area contributed by atoms with E-state index < -0.39 is 0 Å². The second-order valence-electron chi connectivity index (χ2n) is 6.53. The zero-order valence-corrected chi connectivity index (χ0v) is 14.6. The van der Waals surface area contributed by atoms with Crippen LogP contribution in [0.5, 0.6) is 0 Å². The van der Waals surface area contributed by atoms with Gasteiger partial charge in [-0.25, -0.2) is 0 Å². The fourth-order valence-corrected chi connectivity index (χ4v) is 2.57. The van der Waals surface area contributed by atoms with Crippen LogP contribution in [-0.2, 0) is 19.0 Å². The van der Waals surface area contributed by atoms with Gasteiger partial charge in [-0.15, -0.1) is 0 Å². The third-order valence-corrected chi connectivity index (χ3v) is 4.21. The smallest absolute Gasteiger partial charge is 0.306 e. The van der Waals surface area contributed by atoms with Crippen molar-refractivity contribution in [3.63, 3.8) is 0 Å². The Balaban J connectivity index is 1.93. The minimum absolute atomic E-state index is 0.0306. The number of unbranched alkanes of at least 4 members (excludes halogenated alkanes) is 2. The third-order valence-electron chi connectivity index (χ3n) is 4.21. The number of esters is 1. The van der Waals surface area contributed by atoms with E-state index in [1.807, 2.05) is 13.8 Å². The lowest BCUT2D eigenvalue weighted by atomic mass is 10.00. The fraction of sp³-hybridized carbons (Fsp3) is 0.944.